The van der Waals surface area contributed by atoms with Crippen LogP contribution in [0.2, 0.25) is 0 Å². The van der Waals surface area contributed by atoms with E-state index in [1.165, 1.54) is 28.0 Å². The van der Waals surface area contributed by atoms with Crippen LogP contribution in [-0.2, 0) is 0 Å². The third kappa shape index (κ3) is 2.29. The number of carbonyl (C=O) groups is 2. The molecule has 9 heteroatoms. The first-order valence-corrected chi connectivity index (χ1v) is 6.18. The zero-order valence-electron chi connectivity index (χ0n) is 10.8. The lowest BCUT2D eigenvalue weighted by Gasteiger charge is -2.38. The van der Waals surface area contributed by atoms with Crippen molar-refractivity contribution in [3.05, 3.63) is 46.1 Å². The van der Waals surface area contributed by atoms with Crippen molar-refractivity contribution in [2.24, 2.45) is 0 Å². The highest BCUT2D eigenvalue weighted by Crippen LogP contribution is 2.21. The number of aromatic nitrogens is 4. The molecule has 0 aromatic carbocycles. The molecule has 1 fully saturated rings. The second kappa shape index (κ2) is 4.85. The fourth-order valence-corrected chi connectivity index (χ4v) is 2.10. The van der Waals surface area contributed by atoms with Gasteiger partial charge >= 0.3 is 5.97 Å². The topological polar surface area (TPSA) is 121 Å². The number of aromatic carboxylic acids is 1. The number of aromatic amines is 1. The third-order valence-electron chi connectivity index (χ3n) is 3.30. The summed E-state index contributed by atoms with van der Waals surface area (Å²) in [6, 6.07) is 2.92. The summed E-state index contributed by atoms with van der Waals surface area (Å²) in [6.07, 6.45) is 2.78. The molecule has 9 nitrogen and oxygen atoms in total. The molecule has 1 aliphatic heterocycles. The molecule has 0 saturated carbocycles. The lowest BCUT2D eigenvalue weighted by molar-refractivity contribution is 0.0495. The predicted octanol–water partition coefficient (Wildman–Crippen LogP) is -0.638. The highest BCUT2D eigenvalue weighted by molar-refractivity contribution is 5.94. The quantitative estimate of drug-likeness (QED) is 0.775. The highest BCUT2D eigenvalue weighted by Gasteiger charge is 2.34. The Morgan fingerprint density at radius 1 is 1.38 bits per heavy atom. The Morgan fingerprint density at radius 3 is 2.76 bits per heavy atom. The molecule has 1 amide bonds. The largest absolute Gasteiger partial charge is 0.476 e. The van der Waals surface area contributed by atoms with E-state index in [2.05, 4.69) is 15.3 Å². The van der Waals surface area contributed by atoms with E-state index in [1.807, 2.05) is 0 Å². The fraction of sp³-hybridized carbons (Fsp3) is 0.250. The minimum Gasteiger partial charge on any atom is -0.476 e. The van der Waals surface area contributed by atoms with Gasteiger partial charge < -0.3 is 15.0 Å². The molecule has 0 bridgehead atoms. The zero-order chi connectivity index (χ0) is 15.0. The van der Waals surface area contributed by atoms with Crippen molar-refractivity contribution in [1.82, 2.24) is 24.9 Å². The Bertz CT molecular complexity index is 759. The fourth-order valence-electron chi connectivity index (χ4n) is 2.10. The number of carboxylic acid groups (broad SMARTS) is 1. The van der Waals surface area contributed by atoms with Crippen LogP contribution in [-0.4, -0.2) is 55.0 Å². The SMILES string of the molecule is O=C(O)c1cn(C2CN(C(=O)c3ccc[nH]c3=O)C2)nn1. The van der Waals surface area contributed by atoms with Crippen molar-refractivity contribution in [3.63, 3.8) is 0 Å². The number of nitrogens with zero attached hydrogens (tertiary/aromatic N) is 4. The van der Waals surface area contributed by atoms with E-state index in [9.17, 15) is 14.4 Å². The first-order chi connectivity index (χ1) is 10.1. The molecule has 0 spiro atoms. The third-order valence-corrected chi connectivity index (χ3v) is 3.30. The number of likely N-dealkylation sites (tertiary alicyclic amines) is 1. The molecule has 0 unspecified atom stereocenters. The number of hydrogen-bond acceptors (Lipinski definition) is 5. The average Bonchev–Trinajstić information content (AvgIpc) is 2.87. The second-order valence-corrected chi connectivity index (χ2v) is 4.67. The summed E-state index contributed by atoms with van der Waals surface area (Å²) in [4.78, 5) is 38.3. The predicted molar refractivity (Wildman–Crippen MR) is 69.0 cm³/mol. The van der Waals surface area contributed by atoms with E-state index in [0.29, 0.717) is 13.1 Å². The molecular weight excluding hydrogens is 278 g/mol. The van der Waals surface area contributed by atoms with Gasteiger partial charge in [-0.3, -0.25) is 9.59 Å². The number of H-pyrrole nitrogens is 1. The van der Waals surface area contributed by atoms with Crippen molar-refractivity contribution in [2.45, 2.75) is 6.04 Å². The molecule has 0 radical (unpaired) electrons. The van der Waals surface area contributed by atoms with Gasteiger partial charge in [0.25, 0.3) is 11.5 Å². The standard InChI is InChI=1S/C12H11N5O4/c18-10-8(2-1-3-13-10)11(19)16-4-7(5-16)17-6-9(12(20)21)14-15-17/h1-3,6-7H,4-5H2,(H,13,18)(H,20,21). The van der Waals surface area contributed by atoms with Gasteiger partial charge in [0.2, 0.25) is 0 Å². The van der Waals surface area contributed by atoms with E-state index in [1.54, 1.807) is 6.07 Å². The van der Waals surface area contributed by atoms with Crippen molar-refractivity contribution < 1.29 is 14.7 Å². The van der Waals surface area contributed by atoms with E-state index >= 15 is 0 Å². The minimum absolute atomic E-state index is 0.0840. The van der Waals surface area contributed by atoms with Gasteiger partial charge in [-0.25, -0.2) is 9.48 Å². The molecule has 2 aromatic rings. The molecule has 2 aromatic heterocycles. The Morgan fingerprint density at radius 2 is 2.14 bits per heavy atom. The Kier molecular flexibility index (Phi) is 3.01. The van der Waals surface area contributed by atoms with E-state index < -0.39 is 11.5 Å². The Balaban J connectivity index is 1.68. The molecule has 2 N–H and O–H groups in total. The lowest BCUT2D eigenvalue weighted by atomic mass is 10.1. The first-order valence-electron chi connectivity index (χ1n) is 6.18. The number of nitrogens with one attached hydrogen (secondary N) is 1. The van der Waals surface area contributed by atoms with Crippen molar-refractivity contribution in [1.29, 1.82) is 0 Å². The number of carbonyl (C=O) groups excluding carboxylic acids is 1. The van der Waals surface area contributed by atoms with Gasteiger partial charge in [-0.15, -0.1) is 5.10 Å². The Labute approximate surface area is 117 Å². The van der Waals surface area contributed by atoms with Gasteiger partial charge in [0.15, 0.2) is 5.69 Å². The van der Waals surface area contributed by atoms with E-state index in [-0.39, 0.29) is 23.2 Å². The minimum atomic E-state index is -1.15. The number of pyridine rings is 1. The average molecular weight is 289 g/mol. The van der Waals surface area contributed by atoms with Crippen LogP contribution in [0.25, 0.3) is 0 Å². The summed E-state index contributed by atoms with van der Waals surface area (Å²) in [6.45, 7) is 0.713. The monoisotopic (exact) mass is 289 g/mol. The zero-order valence-corrected chi connectivity index (χ0v) is 10.8. The van der Waals surface area contributed by atoms with Crippen LogP contribution in [0.3, 0.4) is 0 Å². The summed E-state index contributed by atoms with van der Waals surface area (Å²) in [5.41, 5.74) is -0.486. The van der Waals surface area contributed by atoms with Gasteiger partial charge in [0.05, 0.1) is 12.2 Å². The summed E-state index contributed by atoms with van der Waals surface area (Å²) < 4.78 is 1.42. The maximum atomic E-state index is 12.1. The summed E-state index contributed by atoms with van der Waals surface area (Å²) in [5, 5.41) is 16.0. The van der Waals surface area contributed by atoms with Gasteiger partial charge in [-0.1, -0.05) is 5.21 Å². The number of hydrogen-bond donors (Lipinski definition) is 2. The lowest BCUT2D eigenvalue weighted by Crippen LogP contribution is -2.51. The van der Waals surface area contributed by atoms with Crippen LogP contribution in [0.4, 0.5) is 0 Å². The number of rotatable bonds is 3. The highest BCUT2D eigenvalue weighted by atomic mass is 16.4. The molecule has 1 saturated heterocycles. The molecule has 0 atom stereocenters. The molecule has 0 aliphatic carbocycles. The molecular formula is C12H11N5O4. The van der Waals surface area contributed by atoms with Gasteiger partial charge in [-0.05, 0) is 12.1 Å². The van der Waals surface area contributed by atoms with Crippen LogP contribution in [0.5, 0.6) is 0 Å². The van der Waals surface area contributed by atoms with Crippen LogP contribution >= 0.6 is 0 Å². The van der Waals surface area contributed by atoms with Crippen molar-refractivity contribution in [3.8, 4) is 0 Å². The smallest absolute Gasteiger partial charge is 0.358 e. The summed E-state index contributed by atoms with van der Waals surface area (Å²) >= 11 is 0. The summed E-state index contributed by atoms with van der Waals surface area (Å²) in [7, 11) is 0. The van der Waals surface area contributed by atoms with Crippen molar-refractivity contribution >= 4 is 11.9 Å². The van der Waals surface area contributed by atoms with E-state index in [4.69, 9.17) is 5.11 Å². The summed E-state index contributed by atoms with van der Waals surface area (Å²) in [5.74, 6) is -1.50. The van der Waals surface area contributed by atoms with E-state index in [0.717, 1.165) is 0 Å². The molecule has 3 heterocycles. The van der Waals surface area contributed by atoms with Crippen LogP contribution in [0.15, 0.2) is 29.3 Å². The number of carboxylic acids is 1. The normalized spacial score (nSPS) is 14.8. The van der Waals surface area contributed by atoms with Crippen molar-refractivity contribution in [2.75, 3.05) is 13.1 Å². The van der Waals surface area contributed by atoms with Crippen LogP contribution in [0.1, 0.15) is 26.9 Å². The second-order valence-electron chi connectivity index (χ2n) is 4.67. The first kappa shape index (κ1) is 13.0. The van der Waals surface area contributed by atoms with Gasteiger partial charge in [0.1, 0.15) is 5.56 Å². The Hall–Kier alpha value is -2.97. The molecule has 108 valence electrons. The van der Waals surface area contributed by atoms with Gasteiger partial charge in [0, 0.05) is 19.3 Å². The van der Waals surface area contributed by atoms with Crippen LogP contribution < -0.4 is 5.56 Å². The maximum Gasteiger partial charge on any atom is 0.358 e. The molecule has 3 rings (SSSR count). The molecule has 21 heavy (non-hydrogen) atoms. The molecule has 1 aliphatic rings. The van der Waals surface area contributed by atoms with Gasteiger partial charge in [-0.2, -0.15) is 0 Å². The maximum absolute atomic E-state index is 12.1. The number of amides is 1. The van der Waals surface area contributed by atoms with Crippen LogP contribution in [0, 0.1) is 0 Å².